The Balaban J connectivity index is 0.000000148. The lowest BCUT2D eigenvalue weighted by Gasteiger charge is -2.32. The zero-order valence-corrected chi connectivity index (χ0v) is 50.2. The maximum atomic E-state index is 14.6. The average molecular weight is 1220 g/mol. The van der Waals surface area contributed by atoms with Gasteiger partial charge in [0.25, 0.3) is 0 Å². The van der Waals surface area contributed by atoms with Gasteiger partial charge in [0.2, 0.25) is 11.9 Å². The number of aromatic nitrogens is 12. The van der Waals surface area contributed by atoms with Gasteiger partial charge in [0.05, 0.1) is 86.3 Å². The second-order valence-electron chi connectivity index (χ2n) is 22.3. The molecule has 1 unspecified atom stereocenters. The summed E-state index contributed by atoms with van der Waals surface area (Å²) in [5.41, 5.74) is 9.52. The highest BCUT2D eigenvalue weighted by Crippen LogP contribution is 2.34. The van der Waals surface area contributed by atoms with E-state index in [0.717, 1.165) is 92.9 Å². The molecule has 0 amide bonds. The number of ether oxygens (including phenoxy) is 6. The number of nitrogens with zero attached hydrogens (tertiary/aromatic N) is 13. The Morgan fingerprint density at radius 2 is 1.42 bits per heavy atom. The first kappa shape index (κ1) is 59.6. The molecule has 3 saturated heterocycles. The fourth-order valence-electron chi connectivity index (χ4n) is 10.4. The second kappa shape index (κ2) is 25.8. The van der Waals surface area contributed by atoms with Gasteiger partial charge in [0, 0.05) is 91.6 Å². The number of rotatable bonds is 16. The van der Waals surface area contributed by atoms with E-state index in [4.69, 9.17) is 54.2 Å². The maximum absolute atomic E-state index is 14.6. The van der Waals surface area contributed by atoms with Gasteiger partial charge in [-0.25, -0.2) is 28.7 Å². The normalized spacial score (nSPS) is 17.7. The lowest BCUT2D eigenvalue weighted by molar-refractivity contribution is -0.175. The molecule has 5 N–H and O–H groups in total. The maximum Gasteiger partial charge on any atom is 0.226 e. The molecule has 3 aromatic carbocycles. The summed E-state index contributed by atoms with van der Waals surface area (Å²) in [5.74, 6) is 3.01. The van der Waals surface area contributed by atoms with Crippen molar-refractivity contribution in [1.29, 1.82) is 0 Å². The number of piperidine rings is 2. The van der Waals surface area contributed by atoms with Crippen molar-refractivity contribution in [2.24, 2.45) is 0 Å². The van der Waals surface area contributed by atoms with Crippen molar-refractivity contribution in [2.45, 2.75) is 108 Å². The molecule has 0 spiro atoms. The number of nitrogens with two attached hydrogens (primary N) is 1. The van der Waals surface area contributed by atoms with Gasteiger partial charge in [-0.05, 0) is 119 Å². The van der Waals surface area contributed by atoms with Gasteiger partial charge in [0.15, 0.2) is 52.4 Å². The van der Waals surface area contributed by atoms with Crippen molar-refractivity contribution in [1.82, 2.24) is 64.0 Å². The molecule has 84 heavy (non-hydrogen) atoms. The van der Waals surface area contributed by atoms with Crippen molar-refractivity contribution in [3.8, 4) is 23.0 Å². The molecule has 0 bridgehead atoms. The first-order valence-corrected chi connectivity index (χ1v) is 28.9. The molecule has 3 aliphatic rings. The van der Waals surface area contributed by atoms with E-state index in [-0.39, 0.29) is 47.7 Å². The van der Waals surface area contributed by atoms with E-state index >= 15 is 0 Å². The van der Waals surface area contributed by atoms with Crippen molar-refractivity contribution in [3.63, 3.8) is 0 Å². The van der Waals surface area contributed by atoms with Gasteiger partial charge in [-0.3, -0.25) is 9.36 Å². The minimum atomic E-state index is -0.491. The SMILES string of the molecule is CC(C)(COC1CCCCO1)n1cc(Br)cn1.COc1cc2nc(N)n3nc([C@@H]4CCCN(c5cnn(C(C)(C)CO)c5)C4)nc3c2cc1F.COc1ccc(CNc2nc3cc(OC)c(F)cc3c3nc([C@@H]4CCCNC4)nn23)c(OC)c1. The third-order valence-electron chi connectivity index (χ3n) is 15.4. The fraction of sp³-hybridized carbons (Fsp3) is 0.483. The molecule has 9 aromatic rings. The molecule has 26 heteroatoms. The minimum Gasteiger partial charge on any atom is -0.497 e. The van der Waals surface area contributed by atoms with Crippen LogP contribution in [0.3, 0.4) is 0 Å². The monoisotopic (exact) mass is 1220 g/mol. The summed E-state index contributed by atoms with van der Waals surface area (Å²) in [7, 11) is 6.07. The number of aliphatic hydroxyl groups is 1. The van der Waals surface area contributed by atoms with Crippen LogP contribution in [0.2, 0.25) is 0 Å². The summed E-state index contributed by atoms with van der Waals surface area (Å²) in [5, 5.41) is 35.6. The molecule has 0 saturated carbocycles. The van der Waals surface area contributed by atoms with Crippen molar-refractivity contribution >= 4 is 66.6 Å². The van der Waals surface area contributed by atoms with Crippen LogP contribution < -0.4 is 40.2 Å². The number of fused-ring (bicyclic) bond motifs is 6. The molecule has 12 rings (SSSR count). The summed E-state index contributed by atoms with van der Waals surface area (Å²) in [4.78, 5) is 20.9. The number of hydrogen-bond donors (Lipinski definition) is 4. The predicted octanol–water partition coefficient (Wildman–Crippen LogP) is 8.76. The molecule has 3 aliphatic heterocycles. The average Bonchev–Trinajstić information content (AvgIpc) is 3.86. The third-order valence-corrected chi connectivity index (χ3v) is 15.8. The number of nitrogens with one attached hydrogen (secondary N) is 2. The summed E-state index contributed by atoms with van der Waals surface area (Å²) in [6.45, 7) is 13.4. The van der Waals surface area contributed by atoms with E-state index in [2.05, 4.69) is 65.6 Å². The fourth-order valence-corrected chi connectivity index (χ4v) is 10.7. The van der Waals surface area contributed by atoms with E-state index in [9.17, 15) is 13.9 Å². The van der Waals surface area contributed by atoms with Crippen LogP contribution in [0, 0.1) is 11.6 Å². The van der Waals surface area contributed by atoms with Gasteiger partial charge in [-0.1, -0.05) is 0 Å². The highest BCUT2D eigenvalue weighted by atomic mass is 79.9. The van der Waals surface area contributed by atoms with Crippen LogP contribution >= 0.6 is 15.9 Å². The lowest BCUT2D eigenvalue weighted by atomic mass is 9.97. The molecule has 0 aliphatic carbocycles. The van der Waals surface area contributed by atoms with Crippen LogP contribution in [0.5, 0.6) is 23.0 Å². The Hall–Kier alpha value is -7.52. The Labute approximate surface area is 493 Å². The summed E-state index contributed by atoms with van der Waals surface area (Å²) in [6.07, 6.45) is 14.8. The molecule has 3 atom stereocenters. The van der Waals surface area contributed by atoms with Crippen molar-refractivity contribution in [2.75, 3.05) is 90.4 Å². The van der Waals surface area contributed by atoms with E-state index in [1.165, 1.54) is 43.4 Å². The Morgan fingerprint density at radius 1 is 0.750 bits per heavy atom. The van der Waals surface area contributed by atoms with E-state index in [0.29, 0.717) is 69.5 Å². The topological polar surface area (TPSA) is 251 Å². The predicted molar refractivity (Wildman–Crippen MR) is 317 cm³/mol. The number of aliphatic hydroxyl groups excluding tert-OH is 1. The van der Waals surface area contributed by atoms with E-state index in [1.54, 1.807) is 35.7 Å². The Morgan fingerprint density at radius 3 is 2.06 bits per heavy atom. The summed E-state index contributed by atoms with van der Waals surface area (Å²) < 4.78 is 69.2. The molecular formula is C58H73BrF2N16O7. The second-order valence-corrected chi connectivity index (χ2v) is 23.2. The number of benzene rings is 3. The Kier molecular flexibility index (Phi) is 18.3. The highest BCUT2D eigenvalue weighted by molar-refractivity contribution is 9.10. The van der Waals surface area contributed by atoms with Gasteiger partial charge < -0.3 is 54.8 Å². The third kappa shape index (κ3) is 13.1. The molecule has 448 valence electrons. The first-order chi connectivity index (χ1) is 40.5. The van der Waals surface area contributed by atoms with Crippen molar-refractivity contribution in [3.05, 3.63) is 101 Å². The standard InChI is InChI=1S/C24H27FN6O3.C22H27FN8O2.C12H19BrN2O2/c1-32-16-7-6-14(20(9-16)33-2)13-27-24-28-19-11-21(34-3)18(25)10-17(19)23-29-22(30-31(23)24)15-5-4-8-26-12-15;1-22(2,12-32)30-11-14(9-25-30)29-6-4-5-13(10-29)19-27-20-15-7-16(23)18(33-3)8-17(15)26-21(24)31(20)28-19;1-12(2,15-8-10(13)7-14-15)9-17-11-5-3-4-6-16-11/h6-7,9-11,15,26H,4-5,8,12-13H2,1-3H3,(H,27,28);7-9,11,13,32H,4-6,10,12H2,1-3H3,(H2,24,26);7-8,11H,3-6,9H2,1-2H3/t15-;13-;/m11./s1. The first-order valence-electron chi connectivity index (χ1n) is 28.1. The van der Waals surface area contributed by atoms with Crippen molar-refractivity contribution < 1.29 is 42.3 Å². The van der Waals surface area contributed by atoms with Gasteiger partial charge in [0.1, 0.15) is 11.5 Å². The van der Waals surface area contributed by atoms with E-state index in [1.807, 2.05) is 55.3 Å². The van der Waals surface area contributed by atoms with Gasteiger partial charge >= 0.3 is 0 Å². The number of anilines is 3. The molecule has 6 aromatic heterocycles. The Bertz CT molecular complexity index is 3730. The molecule has 0 radical (unpaired) electrons. The molecule has 23 nitrogen and oxygen atoms in total. The highest BCUT2D eigenvalue weighted by Gasteiger charge is 2.30. The lowest BCUT2D eigenvalue weighted by Crippen LogP contribution is -2.35. The zero-order valence-electron chi connectivity index (χ0n) is 48.6. The largest absolute Gasteiger partial charge is 0.497 e. The number of hydrogen-bond acceptors (Lipinski definition) is 19. The smallest absolute Gasteiger partial charge is 0.226 e. The van der Waals surface area contributed by atoms with Gasteiger partial charge in [-0.2, -0.15) is 19.2 Å². The van der Waals surface area contributed by atoms with Crippen LogP contribution in [0.1, 0.15) is 102 Å². The van der Waals surface area contributed by atoms with E-state index < -0.39 is 17.2 Å². The van der Waals surface area contributed by atoms with Crippen LogP contribution in [-0.4, -0.2) is 145 Å². The van der Waals surface area contributed by atoms with Crippen LogP contribution in [0.15, 0.2) is 71.7 Å². The summed E-state index contributed by atoms with van der Waals surface area (Å²) in [6, 6.07) is 11.5. The zero-order chi connectivity index (χ0) is 59.3. The van der Waals surface area contributed by atoms with Crippen LogP contribution in [-0.2, 0) is 27.1 Å². The van der Waals surface area contributed by atoms with Crippen LogP contribution in [0.4, 0.5) is 26.4 Å². The molecule has 3 fully saturated rings. The quantitative estimate of drug-likeness (QED) is 0.0705. The number of halogens is 3. The van der Waals surface area contributed by atoms with Gasteiger partial charge in [-0.15, -0.1) is 10.2 Å². The summed E-state index contributed by atoms with van der Waals surface area (Å²) >= 11 is 3.40. The van der Waals surface area contributed by atoms with Crippen LogP contribution in [0.25, 0.3) is 33.1 Å². The minimum absolute atomic E-state index is 0.00219. The molecule has 9 heterocycles. The number of nitrogen functional groups attached to an aromatic ring is 1. The molecular weight excluding hydrogens is 1150 g/mol. The number of methoxy groups -OCH3 is 4.